The van der Waals surface area contributed by atoms with Gasteiger partial charge in [0.2, 0.25) is 0 Å². The zero-order valence-corrected chi connectivity index (χ0v) is 11.1. The van der Waals surface area contributed by atoms with Crippen LogP contribution in [0.3, 0.4) is 0 Å². The Hall–Kier alpha value is -1.62. The molecule has 0 aliphatic carbocycles. The smallest absolute Gasteiger partial charge is 0.294 e. The fraction of sp³-hybridized carbons (Fsp3) is 0.167. The van der Waals surface area contributed by atoms with E-state index in [1.807, 2.05) is 6.07 Å². The molecule has 0 fully saturated rings. The number of pyridine rings is 1. The van der Waals surface area contributed by atoms with Crippen LogP contribution in [-0.2, 0) is 0 Å². The predicted molar refractivity (Wildman–Crippen MR) is 68.1 cm³/mol. The van der Waals surface area contributed by atoms with E-state index in [4.69, 9.17) is 4.42 Å². The molecular formula is C12H11BrN2O2. The van der Waals surface area contributed by atoms with Gasteiger partial charge in [0.15, 0.2) is 5.76 Å². The minimum absolute atomic E-state index is 0.215. The molecule has 0 aliphatic heterocycles. The normalized spacial score (nSPS) is 10.3. The lowest BCUT2D eigenvalue weighted by atomic mass is 10.3. The molecule has 0 atom stereocenters. The van der Waals surface area contributed by atoms with Gasteiger partial charge in [-0.15, -0.1) is 0 Å². The van der Waals surface area contributed by atoms with E-state index >= 15 is 0 Å². The molecule has 0 radical (unpaired) electrons. The van der Waals surface area contributed by atoms with Gasteiger partial charge < -0.3 is 4.42 Å². The van der Waals surface area contributed by atoms with E-state index in [2.05, 4.69) is 20.9 Å². The molecule has 2 aromatic rings. The Morgan fingerprint density at radius 3 is 2.65 bits per heavy atom. The molecule has 5 heteroatoms. The van der Waals surface area contributed by atoms with Gasteiger partial charge in [0.05, 0.1) is 0 Å². The monoisotopic (exact) mass is 294 g/mol. The maximum Gasteiger partial charge on any atom is 0.294 e. The first-order valence-electron chi connectivity index (χ1n) is 5.04. The molecule has 2 rings (SSSR count). The first-order valence-corrected chi connectivity index (χ1v) is 5.83. The number of carbonyl (C=O) groups excluding carboxylic acids is 1. The van der Waals surface area contributed by atoms with Crippen LogP contribution in [0.4, 0.5) is 5.82 Å². The molecule has 4 nitrogen and oxygen atoms in total. The van der Waals surface area contributed by atoms with E-state index in [1.165, 1.54) is 4.90 Å². The highest BCUT2D eigenvalue weighted by Crippen LogP contribution is 2.16. The second kappa shape index (κ2) is 4.71. The Labute approximate surface area is 107 Å². The highest BCUT2D eigenvalue weighted by molar-refractivity contribution is 9.10. The molecule has 1 amide bonds. The molecule has 0 spiro atoms. The SMILES string of the molecule is Cc1ccc(C(=O)N(C)c2ccc(Br)cn2)o1. The Morgan fingerprint density at radius 2 is 2.12 bits per heavy atom. The summed E-state index contributed by atoms with van der Waals surface area (Å²) in [6.45, 7) is 1.80. The van der Waals surface area contributed by atoms with Gasteiger partial charge in [-0.05, 0) is 47.1 Å². The number of halogens is 1. The zero-order chi connectivity index (χ0) is 12.4. The van der Waals surface area contributed by atoms with Gasteiger partial charge in [-0.1, -0.05) is 0 Å². The van der Waals surface area contributed by atoms with Crippen molar-refractivity contribution < 1.29 is 9.21 Å². The molecule has 0 aromatic carbocycles. The number of nitrogens with zero attached hydrogens (tertiary/aromatic N) is 2. The number of furan rings is 1. The van der Waals surface area contributed by atoms with Gasteiger partial charge in [0.25, 0.3) is 5.91 Å². The summed E-state index contributed by atoms with van der Waals surface area (Å²) in [5.41, 5.74) is 0. The van der Waals surface area contributed by atoms with Crippen LogP contribution >= 0.6 is 15.9 Å². The third-order valence-corrected chi connectivity index (χ3v) is 2.78. The summed E-state index contributed by atoms with van der Waals surface area (Å²) >= 11 is 3.30. The van der Waals surface area contributed by atoms with Gasteiger partial charge in [-0.3, -0.25) is 9.69 Å². The van der Waals surface area contributed by atoms with Crippen molar-refractivity contribution in [2.45, 2.75) is 6.92 Å². The number of rotatable bonds is 2. The lowest BCUT2D eigenvalue weighted by molar-refractivity contribution is 0.0964. The van der Waals surface area contributed by atoms with E-state index in [0.29, 0.717) is 17.3 Å². The summed E-state index contributed by atoms with van der Waals surface area (Å²) in [5.74, 6) is 1.39. The van der Waals surface area contributed by atoms with Gasteiger partial charge in [0, 0.05) is 17.7 Å². The van der Waals surface area contributed by atoms with E-state index in [0.717, 1.165) is 4.47 Å². The molecule has 17 heavy (non-hydrogen) atoms. The maximum atomic E-state index is 12.0. The summed E-state index contributed by atoms with van der Waals surface area (Å²) in [7, 11) is 1.66. The Bertz CT molecular complexity index is 534. The van der Waals surface area contributed by atoms with Crippen LogP contribution in [-0.4, -0.2) is 17.9 Å². The van der Waals surface area contributed by atoms with Crippen LogP contribution in [0.15, 0.2) is 39.4 Å². The molecule has 2 aromatic heterocycles. The Kier molecular flexibility index (Phi) is 3.28. The van der Waals surface area contributed by atoms with Crippen molar-refractivity contribution in [1.29, 1.82) is 0 Å². The van der Waals surface area contributed by atoms with Crippen molar-refractivity contribution in [3.63, 3.8) is 0 Å². The fourth-order valence-corrected chi connectivity index (χ4v) is 1.62. The molecule has 0 saturated carbocycles. The third kappa shape index (κ3) is 2.55. The molecule has 0 aliphatic rings. The molecular weight excluding hydrogens is 284 g/mol. The molecule has 88 valence electrons. The number of anilines is 1. The van der Waals surface area contributed by atoms with Crippen molar-refractivity contribution in [1.82, 2.24) is 4.98 Å². The first kappa shape index (κ1) is 11.9. The van der Waals surface area contributed by atoms with Crippen molar-refractivity contribution in [2.75, 3.05) is 11.9 Å². The lowest BCUT2D eigenvalue weighted by Crippen LogP contribution is -2.26. The van der Waals surface area contributed by atoms with Crippen LogP contribution in [0.2, 0.25) is 0 Å². The standard InChI is InChI=1S/C12H11BrN2O2/c1-8-3-5-10(17-8)12(16)15(2)11-6-4-9(13)7-14-11/h3-7H,1-2H3. The fourth-order valence-electron chi connectivity index (χ4n) is 1.39. The minimum Gasteiger partial charge on any atom is -0.456 e. The van der Waals surface area contributed by atoms with Crippen molar-refractivity contribution in [3.8, 4) is 0 Å². The summed E-state index contributed by atoms with van der Waals surface area (Å²) in [6.07, 6.45) is 1.65. The first-order chi connectivity index (χ1) is 8.08. The molecule has 0 saturated heterocycles. The number of amides is 1. The Balaban J connectivity index is 2.23. The second-order valence-electron chi connectivity index (χ2n) is 3.61. The van der Waals surface area contributed by atoms with Crippen LogP contribution in [0, 0.1) is 6.92 Å². The average molecular weight is 295 g/mol. The molecule has 2 heterocycles. The number of hydrogen-bond donors (Lipinski definition) is 0. The minimum atomic E-state index is -0.215. The topological polar surface area (TPSA) is 46.3 Å². The number of aryl methyl sites for hydroxylation is 1. The highest BCUT2D eigenvalue weighted by Gasteiger charge is 2.17. The van der Waals surface area contributed by atoms with Crippen LogP contribution in [0.5, 0.6) is 0 Å². The van der Waals surface area contributed by atoms with Crippen molar-refractivity contribution >= 4 is 27.7 Å². The highest BCUT2D eigenvalue weighted by atomic mass is 79.9. The molecule has 0 N–H and O–H groups in total. The second-order valence-corrected chi connectivity index (χ2v) is 4.52. The zero-order valence-electron chi connectivity index (χ0n) is 9.48. The van der Waals surface area contributed by atoms with Crippen LogP contribution < -0.4 is 4.90 Å². The summed E-state index contributed by atoms with van der Waals surface area (Å²) in [4.78, 5) is 17.6. The summed E-state index contributed by atoms with van der Waals surface area (Å²) < 4.78 is 6.15. The number of aromatic nitrogens is 1. The number of hydrogen-bond acceptors (Lipinski definition) is 3. The lowest BCUT2D eigenvalue weighted by Gasteiger charge is -2.14. The predicted octanol–water partition coefficient (Wildman–Crippen LogP) is 3.02. The van der Waals surface area contributed by atoms with Gasteiger partial charge in [-0.25, -0.2) is 4.98 Å². The molecule has 0 unspecified atom stereocenters. The Morgan fingerprint density at radius 1 is 1.35 bits per heavy atom. The van der Waals surface area contributed by atoms with Crippen LogP contribution in [0.25, 0.3) is 0 Å². The summed E-state index contributed by atoms with van der Waals surface area (Å²) in [6, 6.07) is 7.01. The van der Waals surface area contributed by atoms with E-state index in [-0.39, 0.29) is 5.91 Å². The maximum absolute atomic E-state index is 12.0. The van der Waals surface area contributed by atoms with Gasteiger partial charge in [-0.2, -0.15) is 0 Å². The third-order valence-electron chi connectivity index (χ3n) is 2.31. The van der Waals surface area contributed by atoms with E-state index in [9.17, 15) is 4.79 Å². The summed E-state index contributed by atoms with van der Waals surface area (Å²) in [5, 5.41) is 0. The van der Waals surface area contributed by atoms with Crippen LogP contribution in [0.1, 0.15) is 16.3 Å². The van der Waals surface area contributed by atoms with Crippen molar-refractivity contribution in [2.24, 2.45) is 0 Å². The molecule has 0 bridgehead atoms. The van der Waals surface area contributed by atoms with Gasteiger partial charge in [0.1, 0.15) is 11.6 Å². The quantitative estimate of drug-likeness (QED) is 0.855. The van der Waals surface area contributed by atoms with E-state index in [1.54, 1.807) is 38.4 Å². The van der Waals surface area contributed by atoms with Crippen molar-refractivity contribution in [3.05, 3.63) is 46.5 Å². The van der Waals surface area contributed by atoms with E-state index < -0.39 is 0 Å². The largest absolute Gasteiger partial charge is 0.456 e. The average Bonchev–Trinajstić information content (AvgIpc) is 2.75. The van der Waals surface area contributed by atoms with Gasteiger partial charge >= 0.3 is 0 Å². The number of carbonyl (C=O) groups is 1.